The molecule has 0 nitrogen and oxygen atoms in total. The van der Waals surface area contributed by atoms with Gasteiger partial charge in [0.05, 0.1) is 8.07 Å². The summed E-state index contributed by atoms with van der Waals surface area (Å²) in [6.45, 7) is 9.18. The highest BCUT2D eigenvalue weighted by Crippen LogP contribution is 2.28. The van der Waals surface area contributed by atoms with Crippen molar-refractivity contribution < 1.29 is 0 Å². The third kappa shape index (κ3) is 2.52. The second-order valence-corrected chi connectivity index (χ2v) is 9.62. The zero-order valence-corrected chi connectivity index (χ0v) is 11.1. The second-order valence-electron chi connectivity index (χ2n) is 4.98. The van der Waals surface area contributed by atoms with Crippen LogP contribution < -0.4 is 5.19 Å². The molecule has 0 saturated heterocycles. The number of rotatable bonds is 3. The Morgan fingerprint density at radius 1 is 1.13 bits per heavy atom. The maximum Gasteiger partial charge on any atom is 0.0965 e. The Balaban J connectivity index is 3.07. The molecule has 0 spiro atoms. The second kappa shape index (κ2) is 4.68. The Morgan fingerprint density at radius 2 is 1.67 bits per heavy atom. The zero-order valence-electron chi connectivity index (χ0n) is 10.1. The highest BCUT2D eigenvalue weighted by molar-refractivity contribution is 6.91. The molecule has 0 aliphatic carbocycles. The van der Waals surface area contributed by atoms with Crippen LogP contribution in [0, 0.1) is 18.3 Å². The fourth-order valence-electron chi connectivity index (χ4n) is 2.28. The first-order valence-corrected chi connectivity index (χ1v) is 8.59. The first kappa shape index (κ1) is 12.1. The predicted molar refractivity (Wildman–Crippen MR) is 71.0 cm³/mol. The molecule has 0 aliphatic heterocycles. The summed E-state index contributed by atoms with van der Waals surface area (Å²) in [6.07, 6.45) is 5.68. The highest BCUT2D eigenvalue weighted by atomic mass is 28.3. The van der Waals surface area contributed by atoms with Crippen molar-refractivity contribution in [3.8, 4) is 12.3 Å². The lowest BCUT2D eigenvalue weighted by atomic mass is 10.1. The van der Waals surface area contributed by atoms with Crippen molar-refractivity contribution in [3.63, 3.8) is 0 Å². The van der Waals surface area contributed by atoms with Crippen molar-refractivity contribution in [1.82, 2.24) is 0 Å². The lowest BCUT2D eigenvalue weighted by Gasteiger charge is -2.32. The first-order chi connectivity index (χ1) is 7.00. The molecule has 0 N–H and O–H groups in total. The van der Waals surface area contributed by atoms with Gasteiger partial charge in [0.15, 0.2) is 0 Å². The van der Waals surface area contributed by atoms with Crippen LogP contribution in [0.3, 0.4) is 0 Å². The molecule has 15 heavy (non-hydrogen) atoms. The number of hydrogen-bond donors (Lipinski definition) is 0. The quantitative estimate of drug-likeness (QED) is 0.537. The lowest BCUT2D eigenvalue weighted by Crippen LogP contribution is -2.47. The van der Waals surface area contributed by atoms with Gasteiger partial charge in [-0.15, -0.1) is 12.3 Å². The topological polar surface area (TPSA) is 0 Å². The molecule has 1 aromatic carbocycles. The van der Waals surface area contributed by atoms with Crippen molar-refractivity contribution in [3.05, 3.63) is 30.3 Å². The Bertz CT molecular complexity index is 343. The molecule has 1 rings (SSSR count). The van der Waals surface area contributed by atoms with Crippen molar-refractivity contribution in [2.75, 3.05) is 0 Å². The van der Waals surface area contributed by atoms with Crippen LogP contribution in [0.5, 0.6) is 0 Å². The van der Waals surface area contributed by atoms with E-state index in [0.29, 0.717) is 11.5 Å². The summed E-state index contributed by atoms with van der Waals surface area (Å²) in [6, 6.07) is 10.7. The zero-order chi connectivity index (χ0) is 11.5. The Morgan fingerprint density at radius 3 is 2.07 bits per heavy atom. The first-order valence-electron chi connectivity index (χ1n) is 5.51. The molecule has 1 heteroatoms. The minimum atomic E-state index is -1.51. The van der Waals surface area contributed by atoms with Crippen LogP contribution in [0.15, 0.2) is 30.3 Å². The maximum absolute atomic E-state index is 5.68. The summed E-state index contributed by atoms with van der Waals surface area (Å²) in [7, 11) is -1.51. The van der Waals surface area contributed by atoms with E-state index in [1.165, 1.54) is 5.19 Å². The fraction of sp³-hybridized carbons (Fsp3) is 0.429. The normalized spacial score (nSPS) is 13.6. The molecule has 0 heterocycles. The summed E-state index contributed by atoms with van der Waals surface area (Å²) in [5, 5.41) is 1.46. The predicted octanol–water partition coefficient (Wildman–Crippen LogP) is 3.26. The van der Waals surface area contributed by atoms with E-state index in [2.05, 4.69) is 63.2 Å². The smallest absolute Gasteiger partial charge is 0.0965 e. The summed E-state index contributed by atoms with van der Waals surface area (Å²) in [4.78, 5) is 0. The van der Waals surface area contributed by atoms with Gasteiger partial charge < -0.3 is 0 Å². The molecule has 0 aromatic heterocycles. The van der Waals surface area contributed by atoms with Crippen LogP contribution >= 0.6 is 0 Å². The van der Waals surface area contributed by atoms with Gasteiger partial charge in [-0.05, 0) is 5.92 Å². The summed E-state index contributed by atoms with van der Waals surface area (Å²) in [5.41, 5.74) is 0.417. The van der Waals surface area contributed by atoms with Crippen LogP contribution in [0.1, 0.15) is 13.8 Å². The van der Waals surface area contributed by atoms with Crippen LogP contribution in [-0.2, 0) is 0 Å². The molecule has 80 valence electrons. The van der Waals surface area contributed by atoms with Crippen molar-refractivity contribution in [2.24, 2.45) is 5.92 Å². The molecule has 0 saturated carbocycles. The molecule has 0 radical (unpaired) electrons. The Labute approximate surface area is 94.7 Å². The van der Waals surface area contributed by atoms with Gasteiger partial charge in [-0.3, -0.25) is 0 Å². The Hall–Kier alpha value is -1.00. The van der Waals surface area contributed by atoms with Gasteiger partial charge in [-0.2, -0.15) is 0 Å². The molecule has 0 bridgehead atoms. The molecule has 0 amide bonds. The van der Waals surface area contributed by atoms with Gasteiger partial charge in [0.1, 0.15) is 0 Å². The van der Waals surface area contributed by atoms with Crippen LogP contribution in [0.2, 0.25) is 18.6 Å². The average molecular weight is 216 g/mol. The molecule has 1 unspecified atom stereocenters. The Kier molecular flexibility index (Phi) is 3.76. The number of benzene rings is 1. The summed E-state index contributed by atoms with van der Waals surface area (Å²) < 4.78 is 0. The van der Waals surface area contributed by atoms with E-state index in [-0.39, 0.29) is 0 Å². The van der Waals surface area contributed by atoms with Gasteiger partial charge >= 0.3 is 0 Å². The van der Waals surface area contributed by atoms with E-state index in [0.717, 1.165) is 0 Å². The van der Waals surface area contributed by atoms with Gasteiger partial charge in [0.25, 0.3) is 0 Å². The standard InChI is InChI=1S/C14H20Si/c1-6-14(12(2)3)15(4,5)13-10-8-7-9-11-13/h1,7-12,14H,2-5H3. The van der Waals surface area contributed by atoms with Crippen LogP contribution in [0.4, 0.5) is 0 Å². The third-order valence-electron chi connectivity index (χ3n) is 3.14. The van der Waals surface area contributed by atoms with Gasteiger partial charge in [0, 0.05) is 5.54 Å². The highest BCUT2D eigenvalue weighted by Gasteiger charge is 2.34. The van der Waals surface area contributed by atoms with E-state index < -0.39 is 8.07 Å². The third-order valence-corrected chi connectivity index (χ3v) is 7.35. The molecular weight excluding hydrogens is 196 g/mol. The monoisotopic (exact) mass is 216 g/mol. The van der Waals surface area contributed by atoms with E-state index >= 15 is 0 Å². The van der Waals surface area contributed by atoms with Crippen LogP contribution in [-0.4, -0.2) is 8.07 Å². The lowest BCUT2D eigenvalue weighted by molar-refractivity contribution is 0.660. The largest absolute Gasteiger partial charge is 0.120 e. The van der Waals surface area contributed by atoms with Crippen molar-refractivity contribution >= 4 is 13.3 Å². The maximum atomic E-state index is 5.68. The van der Waals surface area contributed by atoms with E-state index in [9.17, 15) is 0 Å². The molecule has 0 fully saturated rings. The van der Waals surface area contributed by atoms with E-state index in [1.807, 2.05) is 0 Å². The van der Waals surface area contributed by atoms with Gasteiger partial charge in [0.2, 0.25) is 0 Å². The van der Waals surface area contributed by atoms with Crippen molar-refractivity contribution in [1.29, 1.82) is 0 Å². The minimum Gasteiger partial charge on any atom is -0.120 e. The van der Waals surface area contributed by atoms with Crippen molar-refractivity contribution in [2.45, 2.75) is 32.5 Å². The van der Waals surface area contributed by atoms with Gasteiger partial charge in [-0.25, -0.2) is 0 Å². The average Bonchev–Trinajstić information content (AvgIpc) is 2.19. The molecular formula is C14H20Si. The van der Waals surface area contributed by atoms with Gasteiger partial charge in [-0.1, -0.05) is 62.5 Å². The summed E-state index contributed by atoms with van der Waals surface area (Å²) in [5.74, 6) is 3.57. The minimum absolute atomic E-state index is 0.417. The SMILES string of the molecule is C#CC(C(C)C)[Si](C)(C)c1ccccc1. The molecule has 0 aliphatic rings. The number of hydrogen-bond acceptors (Lipinski definition) is 0. The van der Waals surface area contributed by atoms with Crippen LogP contribution in [0.25, 0.3) is 0 Å². The summed E-state index contributed by atoms with van der Waals surface area (Å²) >= 11 is 0. The number of terminal acetylenes is 1. The molecule has 1 aromatic rings. The van der Waals surface area contributed by atoms with E-state index in [1.54, 1.807) is 0 Å². The molecule has 1 atom stereocenters. The fourth-order valence-corrected chi connectivity index (χ4v) is 5.78. The van der Waals surface area contributed by atoms with E-state index in [4.69, 9.17) is 6.42 Å².